The molecule has 1 aliphatic carbocycles. The van der Waals surface area contributed by atoms with Crippen LogP contribution in [0.3, 0.4) is 0 Å². The molecule has 0 spiro atoms. The fourth-order valence-corrected chi connectivity index (χ4v) is 4.55. The van der Waals surface area contributed by atoms with Crippen molar-refractivity contribution in [3.8, 4) is 11.5 Å². The highest BCUT2D eigenvalue weighted by molar-refractivity contribution is 5.80. The fourth-order valence-electron chi connectivity index (χ4n) is 4.55. The van der Waals surface area contributed by atoms with Crippen LogP contribution in [0.5, 0.6) is 11.5 Å². The predicted molar refractivity (Wildman–Crippen MR) is 139 cm³/mol. The summed E-state index contributed by atoms with van der Waals surface area (Å²) in [4.78, 5) is 47.2. The van der Waals surface area contributed by atoms with Crippen LogP contribution in [0.4, 0.5) is 0 Å². The summed E-state index contributed by atoms with van der Waals surface area (Å²) in [7, 11) is 0. The minimum absolute atomic E-state index is 0.00239. The molecule has 0 aromatic heterocycles. The van der Waals surface area contributed by atoms with E-state index in [0.29, 0.717) is 12.0 Å². The van der Waals surface area contributed by atoms with Crippen LogP contribution in [0.2, 0.25) is 0 Å². The molecule has 0 bridgehead atoms. The van der Waals surface area contributed by atoms with Gasteiger partial charge in [-0.1, -0.05) is 43.6 Å². The van der Waals surface area contributed by atoms with Crippen LogP contribution in [-0.4, -0.2) is 34.1 Å². The second-order valence-electron chi connectivity index (χ2n) is 9.73. The number of benzene rings is 1. The molecule has 1 aromatic rings. The number of aliphatic carboxylic acids is 2. The maximum absolute atomic E-state index is 12.6. The van der Waals surface area contributed by atoms with Crippen LogP contribution in [0.1, 0.15) is 95.6 Å². The lowest BCUT2D eigenvalue weighted by Gasteiger charge is -2.32. The van der Waals surface area contributed by atoms with Gasteiger partial charge >= 0.3 is 23.9 Å². The van der Waals surface area contributed by atoms with Crippen molar-refractivity contribution in [2.24, 2.45) is 5.92 Å². The van der Waals surface area contributed by atoms with Gasteiger partial charge in [-0.25, -0.2) is 0 Å². The predicted octanol–water partition coefficient (Wildman–Crippen LogP) is 5.98. The summed E-state index contributed by atoms with van der Waals surface area (Å²) in [6, 6.07) is 3.54. The molecule has 1 aromatic carbocycles. The van der Waals surface area contributed by atoms with Crippen molar-refractivity contribution in [2.45, 2.75) is 90.9 Å². The maximum Gasteiger partial charge on any atom is 0.311 e. The number of hydrogen-bond acceptors (Lipinski definition) is 6. The van der Waals surface area contributed by atoms with Gasteiger partial charge in [-0.3, -0.25) is 19.2 Å². The molecule has 8 nitrogen and oxygen atoms in total. The van der Waals surface area contributed by atoms with Crippen LogP contribution in [0, 0.1) is 5.92 Å². The first kappa shape index (κ1) is 29.8. The molecule has 0 radical (unpaired) electrons. The Kier molecular flexibility index (Phi) is 11.6. The number of rotatable bonds is 14. The quantitative estimate of drug-likeness (QED) is 0.134. The summed E-state index contributed by atoms with van der Waals surface area (Å²) < 4.78 is 11.5. The van der Waals surface area contributed by atoms with Crippen molar-refractivity contribution in [2.75, 3.05) is 0 Å². The van der Waals surface area contributed by atoms with Crippen LogP contribution in [-0.2, 0) is 25.6 Å². The molecular formula is C29H38O8. The lowest BCUT2D eigenvalue weighted by atomic mass is 9.73. The number of esters is 2. The molecular weight excluding hydrogens is 476 g/mol. The zero-order valence-electron chi connectivity index (χ0n) is 22.0. The number of carbonyl (C=O) groups excluding carboxylic acids is 2. The second-order valence-corrected chi connectivity index (χ2v) is 9.73. The van der Waals surface area contributed by atoms with E-state index in [0.717, 1.165) is 48.8 Å². The van der Waals surface area contributed by atoms with E-state index in [2.05, 4.69) is 19.6 Å². The lowest BCUT2D eigenvalue weighted by Crippen LogP contribution is -2.21. The Hall–Kier alpha value is -3.42. The van der Waals surface area contributed by atoms with E-state index in [1.807, 2.05) is 13.8 Å². The Morgan fingerprint density at radius 1 is 0.946 bits per heavy atom. The van der Waals surface area contributed by atoms with Gasteiger partial charge in [0, 0.05) is 11.5 Å². The Morgan fingerprint density at radius 3 is 1.95 bits per heavy atom. The van der Waals surface area contributed by atoms with E-state index in [4.69, 9.17) is 19.7 Å². The molecule has 37 heavy (non-hydrogen) atoms. The Labute approximate surface area is 218 Å². The minimum atomic E-state index is -1.10. The molecule has 0 saturated heterocycles. The van der Waals surface area contributed by atoms with Crippen molar-refractivity contribution < 1.29 is 38.9 Å². The van der Waals surface area contributed by atoms with Gasteiger partial charge in [-0.15, -0.1) is 0 Å². The second kappa shape index (κ2) is 14.4. The summed E-state index contributed by atoms with van der Waals surface area (Å²) in [5.74, 6) is -3.43. The molecule has 8 heteroatoms. The number of aryl methyl sites for hydroxylation is 1. The largest absolute Gasteiger partial charge is 0.481 e. The van der Waals surface area contributed by atoms with E-state index in [1.165, 1.54) is 0 Å². The summed E-state index contributed by atoms with van der Waals surface area (Å²) >= 11 is 0. The van der Waals surface area contributed by atoms with Crippen molar-refractivity contribution in [1.82, 2.24) is 0 Å². The molecule has 1 aliphatic rings. The smallest absolute Gasteiger partial charge is 0.311 e. The Morgan fingerprint density at radius 2 is 1.49 bits per heavy atom. The fraction of sp³-hybridized carbons (Fsp3) is 0.517. The molecule has 0 heterocycles. The van der Waals surface area contributed by atoms with E-state index in [1.54, 1.807) is 12.1 Å². The number of hydrogen-bond donors (Lipinski definition) is 2. The number of carboxylic acid groups (broad SMARTS) is 2. The summed E-state index contributed by atoms with van der Waals surface area (Å²) in [6.07, 6.45) is 5.99. The third-order valence-corrected chi connectivity index (χ3v) is 6.48. The van der Waals surface area contributed by atoms with Crippen molar-refractivity contribution in [3.05, 3.63) is 47.1 Å². The van der Waals surface area contributed by atoms with Gasteiger partial charge in [0.1, 0.15) is 11.5 Å². The monoisotopic (exact) mass is 514 g/mol. The van der Waals surface area contributed by atoms with Gasteiger partial charge < -0.3 is 19.7 Å². The standard InChI is InChI=1S/C29H38O8/c1-5-6-7-8-20-16-23(36-27(34)13-11-25(30)31)29(22-15-19(4)9-10-21(22)18(2)3)24(17-20)37-28(35)14-12-26(32)33/h15-17,21-22H,2,5-14H2,1,3-4H3,(H,30,31)(H,32,33). The van der Waals surface area contributed by atoms with Crippen molar-refractivity contribution >= 4 is 23.9 Å². The maximum atomic E-state index is 12.6. The molecule has 0 aliphatic heterocycles. The third kappa shape index (κ3) is 9.52. The van der Waals surface area contributed by atoms with Crippen LogP contribution >= 0.6 is 0 Å². The number of unbranched alkanes of at least 4 members (excludes halogenated alkanes) is 2. The molecule has 2 rings (SSSR count). The van der Waals surface area contributed by atoms with Gasteiger partial charge in [-0.05, 0) is 63.1 Å². The first-order valence-electron chi connectivity index (χ1n) is 12.9. The van der Waals surface area contributed by atoms with Gasteiger partial charge in [0.15, 0.2) is 0 Å². The highest BCUT2D eigenvalue weighted by atomic mass is 16.5. The molecule has 2 N–H and O–H groups in total. The summed E-state index contributed by atoms with van der Waals surface area (Å²) in [5, 5.41) is 18.0. The molecule has 202 valence electrons. The van der Waals surface area contributed by atoms with E-state index in [9.17, 15) is 19.2 Å². The van der Waals surface area contributed by atoms with Gasteiger partial charge in [-0.2, -0.15) is 0 Å². The highest BCUT2D eigenvalue weighted by Gasteiger charge is 2.32. The molecule has 0 amide bonds. The lowest BCUT2D eigenvalue weighted by molar-refractivity contribution is -0.142. The van der Waals surface area contributed by atoms with Crippen LogP contribution in [0.25, 0.3) is 0 Å². The topological polar surface area (TPSA) is 127 Å². The van der Waals surface area contributed by atoms with Gasteiger partial charge in [0.25, 0.3) is 0 Å². The van der Waals surface area contributed by atoms with Gasteiger partial charge in [0.05, 0.1) is 25.7 Å². The van der Waals surface area contributed by atoms with Crippen molar-refractivity contribution in [3.63, 3.8) is 0 Å². The Bertz CT molecular complexity index is 999. The SMILES string of the molecule is C=C(C)C1CCC(C)=CC1c1c(OC(=O)CCC(=O)O)cc(CCCCC)cc1OC(=O)CCC(=O)O. The first-order chi connectivity index (χ1) is 17.5. The minimum Gasteiger partial charge on any atom is -0.481 e. The normalized spacial score (nSPS) is 17.0. The van der Waals surface area contributed by atoms with Crippen LogP contribution < -0.4 is 9.47 Å². The Balaban J connectivity index is 2.63. The van der Waals surface area contributed by atoms with E-state index >= 15 is 0 Å². The molecule has 2 atom stereocenters. The van der Waals surface area contributed by atoms with Crippen molar-refractivity contribution in [1.29, 1.82) is 0 Å². The van der Waals surface area contributed by atoms with Crippen LogP contribution in [0.15, 0.2) is 35.9 Å². The van der Waals surface area contributed by atoms with Gasteiger partial charge in [0.2, 0.25) is 0 Å². The number of allylic oxidation sites excluding steroid dienone is 3. The first-order valence-corrected chi connectivity index (χ1v) is 12.9. The van der Waals surface area contributed by atoms with E-state index < -0.39 is 23.9 Å². The highest BCUT2D eigenvalue weighted by Crippen LogP contribution is 2.47. The number of carboxylic acids is 2. The molecule has 2 unspecified atom stereocenters. The zero-order chi connectivity index (χ0) is 27.5. The van der Waals surface area contributed by atoms with E-state index in [-0.39, 0.29) is 49.0 Å². The third-order valence-electron chi connectivity index (χ3n) is 6.48. The summed E-state index contributed by atoms with van der Waals surface area (Å²) in [6.45, 7) is 10.2. The zero-order valence-corrected chi connectivity index (χ0v) is 22.0. The molecule has 0 saturated carbocycles. The average Bonchev–Trinajstić information content (AvgIpc) is 2.81. The number of ether oxygens (including phenoxy) is 2. The molecule has 0 fully saturated rings. The average molecular weight is 515 g/mol. The number of carbonyl (C=O) groups is 4. The summed E-state index contributed by atoms with van der Waals surface area (Å²) in [5.41, 5.74) is 3.40.